The lowest BCUT2D eigenvalue weighted by molar-refractivity contribution is 0.282. The number of nitrogens with one attached hydrogen (secondary N) is 1. The largest absolute Gasteiger partial charge is 0.392 e. The van der Waals surface area contributed by atoms with Gasteiger partial charge in [-0.05, 0) is 18.1 Å². The molecule has 0 unspecified atom stereocenters. The van der Waals surface area contributed by atoms with Crippen molar-refractivity contribution in [2.24, 2.45) is 0 Å². The highest BCUT2D eigenvalue weighted by molar-refractivity contribution is 5.33. The van der Waals surface area contributed by atoms with Gasteiger partial charge >= 0.3 is 0 Å². The van der Waals surface area contributed by atoms with Crippen molar-refractivity contribution in [2.45, 2.75) is 26.6 Å². The summed E-state index contributed by atoms with van der Waals surface area (Å²) in [6, 6.07) is 7.55. The minimum absolute atomic E-state index is 0.0369. The van der Waals surface area contributed by atoms with Gasteiger partial charge in [-0.1, -0.05) is 24.3 Å². The van der Waals surface area contributed by atoms with Crippen LogP contribution in [0.15, 0.2) is 41.5 Å². The maximum absolute atomic E-state index is 11.9. The van der Waals surface area contributed by atoms with Crippen LogP contribution in [-0.4, -0.2) is 14.7 Å². The topological polar surface area (TPSA) is 67.2 Å². The Morgan fingerprint density at radius 1 is 1.26 bits per heavy atom. The van der Waals surface area contributed by atoms with E-state index >= 15 is 0 Å². The van der Waals surface area contributed by atoms with Crippen LogP contribution >= 0.6 is 0 Å². The van der Waals surface area contributed by atoms with Crippen LogP contribution in [-0.2, 0) is 19.7 Å². The van der Waals surface area contributed by atoms with E-state index in [0.29, 0.717) is 18.9 Å². The van der Waals surface area contributed by atoms with Crippen LogP contribution in [0.25, 0.3) is 0 Å². The number of nitrogens with zero attached hydrogens (tertiary/aromatic N) is 2. The van der Waals surface area contributed by atoms with E-state index < -0.39 is 0 Å². The predicted octanol–water partition coefficient (Wildman–Crippen LogP) is 1.37. The van der Waals surface area contributed by atoms with E-state index in [9.17, 15) is 4.79 Å². The zero-order valence-corrected chi connectivity index (χ0v) is 10.8. The molecule has 0 aliphatic carbocycles. The number of aromatic nitrogens is 2. The van der Waals surface area contributed by atoms with E-state index in [4.69, 9.17) is 5.11 Å². The molecular formula is C14H17N3O2. The number of aliphatic hydroxyl groups is 1. The third kappa shape index (κ3) is 3.20. The molecule has 0 fully saturated rings. The first-order valence-electron chi connectivity index (χ1n) is 6.22. The highest BCUT2D eigenvalue weighted by atomic mass is 16.3. The van der Waals surface area contributed by atoms with Gasteiger partial charge in [-0.2, -0.15) is 0 Å². The summed E-state index contributed by atoms with van der Waals surface area (Å²) in [5.41, 5.74) is 1.79. The Kier molecular flexibility index (Phi) is 4.30. The molecule has 0 atom stereocenters. The van der Waals surface area contributed by atoms with Crippen LogP contribution in [0, 0.1) is 0 Å². The van der Waals surface area contributed by atoms with Gasteiger partial charge in [-0.15, -0.1) is 0 Å². The second kappa shape index (κ2) is 6.15. The summed E-state index contributed by atoms with van der Waals surface area (Å²) in [6.45, 7) is 3.11. The van der Waals surface area contributed by atoms with E-state index in [0.717, 1.165) is 11.1 Å². The lowest BCUT2D eigenvalue weighted by Gasteiger charge is -2.07. The number of aliphatic hydroxyl groups excluding tert-OH is 1. The maximum atomic E-state index is 11.9. The van der Waals surface area contributed by atoms with E-state index in [1.54, 1.807) is 17.0 Å². The molecule has 0 bridgehead atoms. The minimum atomic E-state index is -0.114. The monoisotopic (exact) mass is 259 g/mol. The van der Waals surface area contributed by atoms with Crippen molar-refractivity contribution in [3.8, 4) is 0 Å². The van der Waals surface area contributed by atoms with Crippen molar-refractivity contribution < 1.29 is 5.11 Å². The zero-order chi connectivity index (χ0) is 13.7. The van der Waals surface area contributed by atoms with E-state index in [2.05, 4.69) is 10.3 Å². The molecule has 5 heteroatoms. The van der Waals surface area contributed by atoms with Gasteiger partial charge in [-0.25, -0.2) is 4.98 Å². The van der Waals surface area contributed by atoms with Gasteiger partial charge < -0.3 is 15.0 Å². The van der Waals surface area contributed by atoms with Crippen molar-refractivity contribution in [2.75, 3.05) is 5.32 Å². The molecule has 1 aromatic heterocycles. The van der Waals surface area contributed by atoms with Gasteiger partial charge in [0, 0.05) is 25.5 Å². The number of hydrogen-bond acceptors (Lipinski definition) is 4. The Balaban J connectivity index is 2.08. The molecule has 0 saturated heterocycles. The highest BCUT2D eigenvalue weighted by Crippen LogP contribution is 2.06. The van der Waals surface area contributed by atoms with Crippen molar-refractivity contribution in [1.82, 2.24) is 9.55 Å². The van der Waals surface area contributed by atoms with Gasteiger partial charge in [0.2, 0.25) is 0 Å². The van der Waals surface area contributed by atoms with Crippen molar-refractivity contribution >= 4 is 5.82 Å². The molecule has 19 heavy (non-hydrogen) atoms. The van der Waals surface area contributed by atoms with Crippen LogP contribution in [0.2, 0.25) is 0 Å². The summed E-state index contributed by atoms with van der Waals surface area (Å²) < 4.78 is 1.60. The number of hydrogen-bond donors (Lipinski definition) is 2. The summed E-state index contributed by atoms with van der Waals surface area (Å²) in [6.07, 6.45) is 3.28. The van der Waals surface area contributed by atoms with Crippen LogP contribution in [0.4, 0.5) is 5.82 Å². The molecule has 1 aromatic carbocycles. The lowest BCUT2D eigenvalue weighted by Crippen LogP contribution is -2.23. The predicted molar refractivity (Wildman–Crippen MR) is 73.9 cm³/mol. The Hall–Kier alpha value is -2.14. The molecule has 0 aliphatic heterocycles. The van der Waals surface area contributed by atoms with E-state index in [1.165, 1.54) is 0 Å². The molecule has 5 nitrogen and oxygen atoms in total. The Labute approximate surface area is 111 Å². The summed E-state index contributed by atoms with van der Waals surface area (Å²) in [4.78, 5) is 16.0. The van der Waals surface area contributed by atoms with Crippen LogP contribution in [0.1, 0.15) is 18.1 Å². The second-order valence-electron chi connectivity index (χ2n) is 4.20. The standard InChI is InChI=1S/C14H17N3O2/c1-2-17-8-7-15-13(14(17)19)16-9-11-3-5-12(10-18)6-4-11/h3-8,18H,2,9-10H2,1H3,(H,15,16). The fourth-order valence-electron chi connectivity index (χ4n) is 1.77. The molecule has 2 N–H and O–H groups in total. The lowest BCUT2D eigenvalue weighted by atomic mass is 10.1. The fourth-order valence-corrected chi connectivity index (χ4v) is 1.77. The van der Waals surface area contributed by atoms with Gasteiger partial charge in [0.05, 0.1) is 6.61 Å². The number of benzene rings is 1. The summed E-state index contributed by atoms with van der Waals surface area (Å²) in [5.74, 6) is 0.357. The zero-order valence-electron chi connectivity index (χ0n) is 10.8. The quantitative estimate of drug-likeness (QED) is 0.851. The Bertz CT molecular complexity index is 590. The average molecular weight is 259 g/mol. The van der Waals surface area contributed by atoms with E-state index in [1.807, 2.05) is 31.2 Å². The summed E-state index contributed by atoms with van der Waals surface area (Å²) in [7, 11) is 0. The van der Waals surface area contributed by atoms with Crippen molar-refractivity contribution in [1.29, 1.82) is 0 Å². The maximum Gasteiger partial charge on any atom is 0.293 e. The molecule has 2 rings (SSSR count). The Morgan fingerprint density at radius 3 is 2.58 bits per heavy atom. The van der Waals surface area contributed by atoms with Gasteiger partial charge in [0.15, 0.2) is 5.82 Å². The van der Waals surface area contributed by atoms with Crippen LogP contribution in [0.3, 0.4) is 0 Å². The first-order chi connectivity index (χ1) is 9.24. The average Bonchev–Trinajstić information content (AvgIpc) is 2.47. The molecule has 0 spiro atoms. The number of rotatable bonds is 5. The molecule has 0 amide bonds. The molecule has 0 saturated carbocycles. The smallest absolute Gasteiger partial charge is 0.293 e. The van der Waals surface area contributed by atoms with Gasteiger partial charge in [-0.3, -0.25) is 4.79 Å². The summed E-state index contributed by atoms with van der Waals surface area (Å²) >= 11 is 0. The molecule has 100 valence electrons. The third-order valence-electron chi connectivity index (χ3n) is 2.92. The molecule has 2 aromatic rings. The minimum Gasteiger partial charge on any atom is -0.392 e. The second-order valence-corrected chi connectivity index (χ2v) is 4.20. The van der Waals surface area contributed by atoms with E-state index in [-0.39, 0.29) is 12.2 Å². The number of aryl methyl sites for hydroxylation is 1. The van der Waals surface area contributed by atoms with Crippen LogP contribution in [0.5, 0.6) is 0 Å². The number of anilines is 1. The first kappa shape index (κ1) is 13.3. The summed E-state index contributed by atoms with van der Waals surface area (Å²) in [5, 5.41) is 12.0. The van der Waals surface area contributed by atoms with Gasteiger partial charge in [0.25, 0.3) is 5.56 Å². The van der Waals surface area contributed by atoms with Gasteiger partial charge in [0.1, 0.15) is 0 Å². The van der Waals surface area contributed by atoms with Crippen LogP contribution < -0.4 is 10.9 Å². The Morgan fingerprint density at radius 2 is 1.95 bits per heavy atom. The molecule has 0 radical (unpaired) electrons. The normalized spacial score (nSPS) is 10.4. The molecule has 1 heterocycles. The fraction of sp³-hybridized carbons (Fsp3) is 0.286. The molecule has 0 aliphatic rings. The third-order valence-corrected chi connectivity index (χ3v) is 2.92. The SMILES string of the molecule is CCn1ccnc(NCc2ccc(CO)cc2)c1=O. The molecular weight excluding hydrogens is 242 g/mol. The van der Waals surface area contributed by atoms with Crippen molar-refractivity contribution in [3.05, 3.63) is 58.1 Å². The first-order valence-corrected chi connectivity index (χ1v) is 6.22. The highest BCUT2D eigenvalue weighted by Gasteiger charge is 2.03. The van der Waals surface area contributed by atoms with Crippen molar-refractivity contribution in [3.63, 3.8) is 0 Å².